The summed E-state index contributed by atoms with van der Waals surface area (Å²) in [5.41, 5.74) is 1.43. The quantitative estimate of drug-likeness (QED) is 0.511. The first-order valence-corrected chi connectivity index (χ1v) is 6.37. The van der Waals surface area contributed by atoms with Gasteiger partial charge in [0.1, 0.15) is 0 Å². The Morgan fingerprint density at radius 1 is 1.14 bits per heavy atom. The zero-order chi connectivity index (χ0) is 10.2. The molecule has 0 aliphatic carbocycles. The molecule has 76 valence electrons. The normalized spacial score (nSPS) is 11.0. The summed E-state index contributed by atoms with van der Waals surface area (Å²) in [6.07, 6.45) is 10.1. The summed E-state index contributed by atoms with van der Waals surface area (Å²) >= 11 is 1.80. The molecule has 0 unspecified atom stereocenters. The Bertz CT molecular complexity index is 272. The molecule has 14 heavy (non-hydrogen) atoms. The average molecular weight is 206 g/mol. The monoisotopic (exact) mass is 206 g/mol. The number of hydrogen-bond donors (Lipinski definition) is 0. The van der Waals surface area contributed by atoms with Gasteiger partial charge >= 0.3 is 0 Å². The molecule has 0 N–H and O–H groups in total. The predicted octanol–water partition coefficient (Wildman–Crippen LogP) is 4.31. The van der Waals surface area contributed by atoms with Gasteiger partial charge in [0, 0.05) is 4.90 Å². The zero-order valence-electron chi connectivity index (χ0n) is 8.99. The van der Waals surface area contributed by atoms with E-state index in [1.54, 1.807) is 11.8 Å². The fourth-order valence-electron chi connectivity index (χ4n) is 1.33. The molecule has 1 aromatic rings. The Morgan fingerprint density at radius 2 is 1.86 bits per heavy atom. The van der Waals surface area contributed by atoms with E-state index >= 15 is 0 Å². The molecule has 0 aliphatic rings. The number of allylic oxidation sites excluding steroid dienone is 2. The maximum atomic E-state index is 2.27. The number of rotatable bonds is 5. The van der Waals surface area contributed by atoms with Crippen LogP contribution in [0.25, 0.3) is 0 Å². The number of aryl methyl sites for hydroxylation is 1. The van der Waals surface area contributed by atoms with Crippen molar-refractivity contribution >= 4 is 11.8 Å². The second-order valence-electron chi connectivity index (χ2n) is 3.27. The van der Waals surface area contributed by atoms with Crippen LogP contribution in [0.15, 0.2) is 41.3 Å². The Hall–Kier alpha value is -0.690. The van der Waals surface area contributed by atoms with Crippen LogP contribution in [-0.4, -0.2) is 6.26 Å². The van der Waals surface area contributed by atoms with Gasteiger partial charge in [-0.2, -0.15) is 0 Å². The number of benzene rings is 1. The Morgan fingerprint density at radius 3 is 2.43 bits per heavy atom. The van der Waals surface area contributed by atoms with Crippen LogP contribution < -0.4 is 0 Å². The van der Waals surface area contributed by atoms with Gasteiger partial charge < -0.3 is 0 Å². The summed E-state index contributed by atoms with van der Waals surface area (Å²) in [4.78, 5) is 1.35. The first kappa shape index (κ1) is 11.4. The topological polar surface area (TPSA) is 0 Å². The molecular weight excluding hydrogens is 188 g/mol. The molecule has 1 aromatic carbocycles. The van der Waals surface area contributed by atoms with E-state index in [1.807, 2.05) is 0 Å². The fraction of sp³-hybridized carbons (Fsp3) is 0.385. The summed E-state index contributed by atoms with van der Waals surface area (Å²) in [5.74, 6) is 0. The molecule has 0 saturated heterocycles. The highest BCUT2D eigenvalue weighted by Crippen LogP contribution is 2.15. The molecule has 1 heteroatoms. The van der Waals surface area contributed by atoms with Crippen LogP contribution in [0.1, 0.15) is 25.3 Å². The minimum Gasteiger partial charge on any atom is -0.130 e. The Labute approximate surface area is 91.4 Å². The van der Waals surface area contributed by atoms with E-state index in [0.29, 0.717) is 0 Å². The summed E-state index contributed by atoms with van der Waals surface area (Å²) in [6.45, 7) is 2.17. The SMILES string of the molecule is CCC=CCCc1ccc(SC)cc1. The summed E-state index contributed by atoms with van der Waals surface area (Å²) in [6, 6.07) is 8.85. The summed E-state index contributed by atoms with van der Waals surface area (Å²) < 4.78 is 0. The maximum Gasteiger partial charge on any atom is 0.00693 e. The van der Waals surface area contributed by atoms with Crippen LogP contribution in [-0.2, 0) is 6.42 Å². The molecule has 0 radical (unpaired) electrons. The van der Waals surface area contributed by atoms with Crippen LogP contribution in [0.3, 0.4) is 0 Å². The van der Waals surface area contributed by atoms with Gasteiger partial charge in [-0.1, -0.05) is 31.2 Å². The highest BCUT2D eigenvalue weighted by molar-refractivity contribution is 7.98. The van der Waals surface area contributed by atoms with Crippen LogP contribution in [0.4, 0.5) is 0 Å². The van der Waals surface area contributed by atoms with Crippen molar-refractivity contribution in [2.45, 2.75) is 31.1 Å². The maximum absolute atomic E-state index is 2.27. The molecule has 0 saturated carbocycles. The van der Waals surface area contributed by atoms with Crippen molar-refractivity contribution in [3.05, 3.63) is 42.0 Å². The highest BCUT2D eigenvalue weighted by atomic mass is 32.2. The van der Waals surface area contributed by atoms with Gasteiger partial charge in [-0.25, -0.2) is 0 Å². The van der Waals surface area contributed by atoms with Gasteiger partial charge in [0.2, 0.25) is 0 Å². The fourth-order valence-corrected chi connectivity index (χ4v) is 1.73. The average Bonchev–Trinajstić information content (AvgIpc) is 2.25. The summed E-state index contributed by atoms with van der Waals surface area (Å²) in [7, 11) is 0. The molecule has 0 nitrogen and oxygen atoms in total. The first-order valence-electron chi connectivity index (χ1n) is 5.14. The Balaban J connectivity index is 2.40. The van der Waals surface area contributed by atoms with E-state index in [2.05, 4.69) is 49.6 Å². The number of hydrogen-bond acceptors (Lipinski definition) is 1. The third-order valence-corrected chi connectivity index (χ3v) is 2.90. The molecule has 0 aromatic heterocycles. The van der Waals surface area contributed by atoms with Crippen LogP contribution in [0.2, 0.25) is 0 Å². The van der Waals surface area contributed by atoms with E-state index in [4.69, 9.17) is 0 Å². The molecule has 0 aliphatic heterocycles. The molecule has 0 bridgehead atoms. The standard InChI is InChI=1S/C13H18S/c1-3-4-5-6-7-12-8-10-13(14-2)11-9-12/h4-5,8-11H,3,6-7H2,1-2H3. The van der Waals surface area contributed by atoms with E-state index in [9.17, 15) is 0 Å². The van der Waals surface area contributed by atoms with Crippen molar-refractivity contribution in [3.63, 3.8) is 0 Å². The van der Waals surface area contributed by atoms with Gasteiger partial charge in [0.25, 0.3) is 0 Å². The van der Waals surface area contributed by atoms with Gasteiger partial charge in [-0.05, 0) is 43.2 Å². The van der Waals surface area contributed by atoms with Crippen molar-refractivity contribution in [1.82, 2.24) is 0 Å². The molecule has 0 heterocycles. The molecule has 0 atom stereocenters. The van der Waals surface area contributed by atoms with Gasteiger partial charge in [0.05, 0.1) is 0 Å². The molecule has 0 fully saturated rings. The van der Waals surface area contributed by atoms with Crippen molar-refractivity contribution in [3.8, 4) is 0 Å². The lowest BCUT2D eigenvalue weighted by atomic mass is 10.1. The zero-order valence-corrected chi connectivity index (χ0v) is 9.81. The van der Waals surface area contributed by atoms with Gasteiger partial charge in [0.15, 0.2) is 0 Å². The van der Waals surface area contributed by atoms with E-state index in [-0.39, 0.29) is 0 Å². The van der Waals surface area contributed by atoms with Crippen molar-refractivity contribution < 1.29 is 0 Å². The van der Waals surface area contributed by atoms with Crippen molar-refractivity contribution in [2.24, 2.45) is 0 Å². The first-order chi connectivity index (χ1) is 6.86. The lowest BCUT2D eigenvalue weighted by Gasteiger charge is -1.99. The van der Waals surface area contributed by atoms with Crippen molar-refractivity contribution in [2.75, 3.05) is 6.26 Å². The number of thioether (sulfide) groups is 1. The second-order valence-corrected chi connectivity index (χ2v) is 4.15. The second kappa shape index (κ2) is 6.72. The molecular formula is C13H18S. The lowest BCUT2D eigenvalue weighted by molar-refractivity contribution is 0.989. The molecule has 0 amide bonds. The predicted molar refractivity (Wildman–Crippen MR) is 66.0 cm³/mol. The van der Waals surface area contributed by atoms with Gasteiger partial charge in [-0.3, -0.25) is 0 Å². The van der Waals surface area contributed by atoms with E-state index in [1.165, 1.54) is 10.5 Å². The Kier molecular flexibility index (Phi) is 5.46. The van der Waals surface area contributed by atoms with Gasteiger partial charge in [-0.15, -0.1) is 11.8 Å². The summed E-state index contributed by atoms with van der Waals surface area (Å²) in [5, 5.41) is 0. The van der Waals surface area contributed by atoms with Crippen LogP contribution >= 0.6 is 11.8 Å². The highest BCUT2D eigenvalue weighted by Gasteiger charge is 1.92. The minimum absolute atomic E-state index is 1.14. The lowest BCUT2D eigenvalue weighted by Crippen LogP contribution is -1.82. The largest absolute Gasteiger partial charge is 0.130 e. The van der Waals surface area contributed by atoms with E-state index in [0.717, 1.165) is 19.3 Å². The van der Waals surface area contributed by atoms with E-state index < -0.39 is 0 Å². The smallest absolute Gasteiger partial charge is 0.00693 e. The van der Waals surface area contributed by atoms with Crippen LogP contribution in [0.5, 0.6) is 0 Å². The minimum atomic E-state index is 1.14. The molecule has 1 rings (SSSR count). The van der Waals surface area contributed by atoms with Crippen molar-refractivity contribution in [1.29, 1.82) is 0 Å². The van der Waals surface area contributed by atoms with Crippen LogP contribution in [0, 0.1) is 0 Å². The third kappa shape index (κ3) is 4.01. The molecule has 0 spiro atoms. The third-order valence-electron chi connectivity index (χ3n) is 2.16.